The summed E-state index contributed by atoms with van der Waals surface area (Å²) in [5.74, 6) is -0.904. The highest BCUT2D eigenvalue weighted by molar-refractivity contribution is 8.00. The smallest absolute Gasteiger partial charge is 0.338 e. The van der Waals surface area contributed by atoms with Gasteiger partial charge in [-0.25, -0.2) is 4.79 Å². The van der Waals surface area contributed by atoms with E-state index in [0.717, 1.165) is 16.6 Å². The van der Waals surface area contributed by atoms with Crippen molar-refractivity contribution >= 4 is 63.7 Å². The molecule has 4 rings (SSSR count). The molecule has 3 aromatic rings. The second-order valence-electron chi connectivity index (χ2n) is 5.61. The molecule has 0 unspecified atom stereocenters. The summed E-state index contributed by atoms with van der Waals surface area (Å²) in [7, 11) is 0. The molecule has 0 aliphatic carbocycles. The van der Waals surface area contributed by atoms with Gasteiger partial charge >= 0.3 is 5.97 Å². The number of fused-ring (bicyclic) bond motifs is 2. The lowest BCUT2D eigenvalue weighted by Gasteiger charge is -2.16. The maximum absolute atomic E-state index is 12.2. The fraction of sp³-hybridized carbons (Fsp3) is 0.118. The lowest BCUT2D eigenvalue weighted by molar-refractivity contribution is -0.119. The third kappa shape index (κ3) is 3.76. The quantitative estimate of drug-likeness (QED) is 0.648. The fourth-order valence-electron chi connectivity index (χ4n) is 2.52. The first-order chi connectivity index (χ1) is 13.1. The van der Waals surface area contributed by atoms with E-state index in [2.05, 4.69) is 19.4 Å². The van der Waals surface area contributed by atoms with Gasteiger partial charge in [-0.15, -0.1) is 11.8 Å². The summed E-state index contributed by atoms with van der Waals surface area (Å²) in [6.07, 6.45) is 0. The molecule has 1 aliphatic rings. The number of rotatable bonds is 4. The summed E-state index contributed by atoms with van der Waals surface area (Å²) in [5.41, 5.74) is 2.61. The number of carbonyl (C=O) groups excluding carboxylic acids is 3. The third-order valence-electron chi connectivity index (χ3n) is 3.74. The van der Waals surface area contributed by atoms with Crippen molar-refractivity contribution in [2.45, 2.75) is 4.90 Å². The zero-order valence-corrected chi connectivity index (χ0v) is 15.4. The number of nitrogens with zero attached hydrogens (tertiary/aromatic N) is 2. The first-order valence-corrected chi connectivity index (χ1v) is 9.57. The van der Waals surface area contributed by atoms with Crippen molar-refractivity contribution in [3.8, 4) is 0 Å². The number of benzene rings is 2. The molecule has 136 valence electrons. The molecule has 10 heteroatoms. The Labute approximate surface area is 161 Å². The predicted octanol–water partition coefficient (Wildman–Crippen LogP) is 2.53. The standard InChI is InChI=1S/C17H12N4O4S2/c22-14(18-10-2-1-3-11-16(10)21-27-20-11)7-25-17(24)9-4-5-13-12(6-9)19-15(23)8-26-13/h1-6H,7-8H2,(H,18,22)(H,19,23). The van der Waals surface area contributed by atoms with Crippen LogP contribution in [-0.2, 0) is 14.3 Å². The topological polar surface area (TPSA) is 110 Å². The molecule has 0 bridgehead atoms. The number of nitrogens with one attached hydrogen (secondary N) is 2. The normalized spacial score (nSPS) is 13.0. The van der Waals surface area contributed by atoms with E-state index in [1.165, 1.54) is 11.8 Å². The maximum Gasteiger partial charge on any atom is 0.338 e. The highest BCUT2D eigenvalue weighted by atomic mass is 32.2. The highest BCUT2D eigenvalue weighted by Crippen LogP contribution is 2.32. The summed E-state index contributed by atoms with van der Waals surface area (Å²) >= 11 is 2.45. The van der Waals surface area contributed by atoms with Crippen molar-refractivity contribution in [3.05, 3.63) is 42.0 Å². The second kappa shape index (κ2) is 7.33. The molecule has 0 atom stereocenters. The van der Waals surface area contributed by atoms with Crippen LogP contribution in [0.2, 0.25) is 0 Å². The van der Waals surface area contributed by atoms with Crippen LogP contribution in [0.4, 0.5) is 11.4 Å². The Hall–Kier alpha value is -2.98. The maximum atomic E-state index is 12.2. The number of hydrogen-bond acceptors (Lipinski definition) is 8. The minimum Gasteiger partial charge on any atom is -0.452 e. The molecule has 0 saturated heterocycles. The fourth-order valence-corrected chi connectivity index (χ4v) is 3.86. The van der Waals surface area contributed by atoms with Crippen molar-refractivity contribution < 1.29 is 19.1 Å². The average Bonchev–Trinajstić information content (AvgIpc) is 3.15. The molecule has 2 N–H and O–H groups in total. The van der Waals surface area contributed by atoms with Crippen LogP contribution in [0.15, 0.2) is 41.3 Å². The molecular weight excluding hydrogens is 388 g/mol. The number of hydrogen-bond donors (Lipinski definition) is 2. The van der Waals surface area contributed by atoms with Crippen molar-refractivity contribution in [2.75, 3.05) is 23.0 Å². The molecule has 8 nitrogen and oxygen atoms in total. The van der Waals surface area contributed by atoms with E-state index in [0.29, 0.717) is 28.2 Å². The van der Waals surface area contributed by atoms with E-state index >= 15 is 0 Å². The number of anilines is 2. The van der Waals surface area contributed by atoms with Crippen LogP contribution in [-0.4, -0.2) is 38.9 Å². The van der Waals surface area contributed by atoms with Crippen LogP contribution in [0, 0.1) is 0 Å². The van der Waals surface area contributed by atoms with Gasteiger partial charge in [-0.3, -0.25) is 9.59 Å². The van der Waals surface area contributed by atoms with Gasteiger partial charge in [-0.05, 0) is 30.3 Å². The van der Waals surface area contributed by atoms with Crippen molar-refractivity contribution in [1.82, 2.24) is 8.75 Å². The Bertz CT molecular complexity index is 1070. The number of thioether (sulfide) groups is 1. The Kier molecular flexibility index (Phi) is 4.73. The zero-order chi connectivity index (χ0) is 18.8. The van der Waals surface area contributed by atoms with Gasteiger partial charge in [0.1, 0.15) is 11.0 Å². The summed E-state index contributed by atoms with van der Waals surface area (Å²) in [6.45, 7) is -0.440. The molecular formula is C17H12N4O4S2. The molecule has 2 heterocycles. The Morgan fingerprint density at radius 3 is 3.00 bits per heavy atom. The first-order valence-electron chi connectivity index (χ1n) is 7.85. The largest absolute Gasteiger partial charge is 0.452 e. The van der Waals surface area contributed by atoms with Crippen LogP contribution in [0.3, 0.4) is 0 Å². The summed E-state index contributed by atoms with van der Waals surface area (Å²) in [5, 5.41) is 5.37. The Morgan fingerprint density at radius 1 is 1.22 bits per heavy atom. The molecule has 0 spiro atoms. The SMILES string of the molecule is O=C1CSc2ccc(C(=O)OCC(=O)Nc3cccc4nsnc34)cc2N1. The molecule has 1 aliphatic heterocycles. The highest BCUT2D eigenvalue weighted by Gasteiger charge is 2.18. The number of ether oxygens (including phenoxy) is 1. The van der Waals surface area contributed by atoms with Crippen LogP contribution in [0.25, 0.3) is 11.0 Å². The second-order valence-corrected chi connectivity index (χ2v) is 7.16. The van der Waals surface area contributed by atoms with Gasteiger partial charge in [-0.2, -0.15) is 8.75 Å². The first kappa shape index (κ1) is 17.4. The van der Waals surface area contributed by atoms with Gasteiger partial charge < -0.3 is 15.4 Å². The van der Waals surface area contributed by atoms with Crippen molar-refractivity contribution in [2.24, 2.45) is 0 Å². The number of carbonyl (C=O) groups is 3. The number of amides is 2. The summed E-state index contributed by atoms with van der Waals surface area (Å²) < 4.78 is 13.3. The Balaban J connectivity index is 1.39. The van der Waals surface area contributed by atoms with E-state index in [4.69, 9.17) is 4.74 Å². The molecule has 2 amide bonds. The molecule has 0 radical (unpaired) electrons. The summed E-state index contributed by atoms with van der Waals surface area (Å²) in [4.78, 5) is 36.6. The predicted molar refractivity (Wildman–Crippen MR) is 102 cm³/mol. The lowest BCUT2D eigenvalue weighted by atomic mass is 10.2. The number of esters is 1. The monoisotopic (exact) mass is 400 g/mol. The molecule has 2 aromatic carbocycles. The van der Waals surface area contributed by atoms with Crippen LogP contribution < -0.4 is 10.6 Å². The van der Waals surface area contributed by atoms with Crippen molar-refractivity contribution in [1.29, 1.82) is 0 Å². The Morgan fingerprint density at radius 2 is 2.11 bits per heavy atom. The van der Waals surface area contributed by atoms with E-state index in [1.807, 2.05) is 0 Å². The lowest BCUT2D eigenvalue weighted by Crippen LogP contribution is -2.22. The third-order valence-corrected chi connectivity index (χ3v) is 5.36. The zero-order valence-electron chi connectivity index (χ0n) is 13.7. The van der Waals surface area contributed by atoms with E-state index in [-0.39, 0.29) is 11.5 Å². The molecule has 1 aromatic heterocycles. The molecule has 0 fully saturated rings. The van der Waals surface area contributed by atoms with Crippen LogP contribution >= 0.6 is 23.5 Å². The van der Waals surface area contributed by atoms with Gasteiger partial charge in [0, 0.05) is 4.90 Å². The summed E-state index contributed by atoms with van der Waals surface area (Å²) in [6, 6.07) is 10.1. The molecule has 27 heavy (non-hydrogen) atoms. The van der Waals surface area contributed by atoms with E-state index < -0.39 is 18.5 Å². The van der Waals surface area contributed by atoms with Gasteiger partial charge in [0.25, 0.3) is 5.91 Å². The van der Waals surface area contributed by atoms with Gasteiger partial charge in [-0.1, -0.05) is 6.07 Å². The van der Waals surface area contributed by atoms with E-state index in [1.54, 1.807) is 36.4 Å². The van der Waals surface area contributed by atoms with Crippen molar-refractivity contribution in [3.63, 3.8) is 0 Å². The van der Waals surface area contributed by atoms with Crippen LogP contribution in [0.5, 0.6) is 0 Å². The van der Waals surface area contributed by atoms with Gasteiger partial charge in [0.2, 0.25) is 5.91 Å². The molecule has 0 saturated carbocycles. The minimum atomic E-state index is -0.647. The number of aromatic nitrogens is 2. The minimum absolute atomic E-state index is 0.122. The van der Waals surface area contributed by atoms with Gasteiger partial charge in [0.05, 0.1) is 34.4 Å². The van der Waals surface area contributed by atoms with E-state index in [9.17, 15) is 14.4 Å². The van der Waals surface area contributed by atoms with Gasteiger partial charge in [0.15, 0.2) is 6.61 Å². The average molecular weight is 400 g/mol. The van der Waals surface area contributed by atoms with Crippen LogP contribution in [0.1, 0.15) is 10.4 Å².